The predicted molar refractivity (Wildman–Crippen MR) is 132 cm³/mol. The molecule has 5 atom stereocenters. The smallest absolute Gasteiger partial charge is 0.327 e. The topological polar surface area (TPSA) is 286 Å². The van der Waals surface area contributed by atoms with Gasteiger partial charge in [-0.15, -0.1) is 11.8 Å². The standard InChI is InChI=1S/C21H27N5O7S.3H2O/c1-21(2)15(20(32)33)26-18(31)14(19(26)34-21)24-13(9-4-6-10(27)7-5-9)17(30)25-16(29)11(23-3)8-12(22)28;;;/h4-7,11,13-15,19,23-24,27H,8H2,1-3H3,(H2,22,28)(H,32,33)(H,25,29,30);3*1H2/t11-,13+,14?,15?,19?;;;/m1.../s1. The number of benzene rings is 1. The van der Waals surface area contributed by atoms with Crippen molar-refractivity contribution in [2.24, 2.45) is 5.73 Å². The third kappa shape index (κ3) is 6.73. The molecule has 2 fully saturated rings. The zero-order chi connectivity index (χ0) is 25.4. The third-order valence-corrected chi connectivity index (χ3v) is 7.40. The van der Waals surface area contributed by atoms with Crippen LogP contribution in [0.1, 0.15) is 31.9 Å². The highest BCUT2D eigenvalue weighted by Gasteiger charge is 2.64. The van der Waals surface area contributed by atoms with Crippen molar-refractivity contribution in [3.8, 4) is 5.75 Å². The van der Waals surface area contributed by atoms with Crippen molar-refractivity contribution < 1.29 is 50.6 Å². The van der Waals surface area contributed by atoms with Gasteiger partial charge in [0.2, 0.25) is 23.6 Å². The van der Waals surface area contributed by atoms with Crippen LogP contribution in [-0.4, -0.2) is 96.4 Å². The number of fused-ring (bicyclic) bond motifs is 1. The van der Waals surface area contributed by atoms with E-state index in [0.717, 1.165) is 0 Å². The first-order chi connectivity index (χ1) is 15.9. The molecule has 0 aliphatic carbocycles. The number of nitrogens with zero attached hydrogens (tertiary/aromatic N) is 1. The minimum absolute atomic E-state index is 0. The summed E-state index contributed by atoms with van der Waals surface area (Å²) < 4.78 is -0.746. The highest BCUT2D eigenvalue weighted by Crippen LogP contribution is 2.51. The lowest BCUT2D eigenvalue weighted by Crippen LogP contribution is -2.70. The summed E-state index contributed by atoms with van der Waals surface area (Å²) in [6.07, 6.45) is -0.326. The van der Waals surface area contributed by atoms with E-state index in [9.17, 15) is 34.2 Å². The average Bonchev–Trinajstić information content (AvgIpc) is 3.01. The number of primary amides is 1. The number of carboxylic acids is 1. The number of β-lactam (4-membered cyclic amide) rings is 1. The zero-order valence-corrected chi connectivity index (χ0v) is 21.1. The van der Waals surface area contributed by atoms with Gasteiger partial charge in [-0.05, 0) is 38.6 Å². The number of hydrogen-bond donors (Lipinski definition) is 6. The number of amides is 4. The second-order valence-electron chi connectivity index (χ2n) is 8.63. The fourth-order valence-electron chi connectivity index (χ4n) is 4.14. The lowest BCUT2D eigenvalue weighted by molar-refractivity contribution is -0.160. The molecular weight excluding hydrogens is 514 g/mol. The van der Waals surface area contributed by atoms with Gasteiger partial charge in [0.05, 0.1) is 12.5 Å². The Labute approximate surface area is 216 Å². The maximum atomic E-state index is 13.1. The van der Waals surface area contributed by atoms with Crippen molar-refractivity contribution in [1.82, 2.24) is 20.9 Å². The Balaban J connectivity index is 0.00000432. The van der Waals surface area contributed by atoms with E-state index >= 15 is 0 Å². The molecular formula is C21H33N5O10S. The van der Waals surface area contributed by atoms with Gasteiger partial charge in [0.15, 0.2) is 0 Å². The summed E-state index contributed by atoms with van der Waals surface area (Å²) in [6, 6.07) is 1.52. The fourth-order valence-corrected chi connectivity index (χ4v) is 5.78. The Kier molecular flexibility index (Phi) is 11.7. The number of hydrogen-bond acceptors (Lipinski definition) is 9. The van der Waals surface area contributed by atoms with Gasteiger partial charge in [0.25, 0.3) is 0 Å². The molecule has 2 aliphatic heterocycles. The van der Waals surface area contributed by atoms with Crippen LogP contribution in [-0.2, 0) is 24.0 Å². The summed E-state index contributed by atoms with van der Waals surface area (Å²) in [6.45, 7) is 3.47. The number of aliphatic carboxylic acids is 1. The molecule has 0 saturated carbocycles. The first kappa shape index (κ1) is 33.7. The summed E-state index contributed by atoms with van der Waals surface area (Å²) in [5.74, 6) is -3.93. The van der Waals surface area contributed by atoms with Crippen LogP contribution < -0.4 is 21.7 Å². The Morgan fingerprint density at radius 2 is 1.68 bits per heavy atom. The summed E-state index contributed by atoms with van der Waals surface area (Å²) in [7, 11) is 1.44. The van der Waals surface area contributed by atoms with Crippen LogP contribution in [0, 0.1) is 0 Å². The molecule has 0 radical (unpaired) electrons. The molecule has 4 amide bonds. The van der Waals surface area contributed by atoms with Crippen molar-refractivity contribution in [3.05, 3.63) is 29.8 Å². The molecule has 3 rings (SSSR count). The monoisotopic (exact) mass is 547 g/mol. The molecule has 16 heteroatoms. The number of nitrogens with one attached hydrogen (secondary N) is 3. The van der Waals surface area contributed by atoms with Crippen LogP contribution in [0.2, 0.25) is 0 Å². The molecule has 1 aromatic rings. The number of carboxylic acid groups (broad SMARTS) is 1. The molecule has 13 N–H and O–H groups in total. The number of phenolic OH excluding ortho intramolecular Hbond substituents is 1. The number of carbonyl (C=O) groups is 5. The van der Waals surface area contributed by atoms with Gasteiger partial charge in [-0.2, -0.15) is 0 Å². The van der Waals surface area contributed by atoms with E-state index in [0.29, 0.717) is 5.56 Å². The van der Waals surface area contributed by atoms with Gasteiger partial charge >= 0.3 is 5.97 Å². The number of phenols is 1. The number of imide groups is 1. The van der Waals surface area contributed by atoms with E-state index in [-0.39, 0.29) is 28.6 Å². The maximum absolute atomic E-state index is 13.1. The van der Waals surface area contributed by atoms with Gasteiger partial charge in [-0.1, -0.05) is 12.1 Å². The van der Waals surface area contributed by atoms with Crippen LogP contribution in [0.15, 0.2) is 24.3 Å². The van der Waals surface area contributed by atoms with E-state index in [4.69, 9.17) is 5.73 Å². The second kappa shape index (κ2) is 12.8. The lowest BCUT2D eigenvalue weighted by Gasteiger charge is -2.45. The van der Waals surface area contributed by atoms with Crippen molar-refractivity contribution in [2.45, 2.75) is 54.6 Å². The Hall–Kier alpha value is -3.28. The fraction of sp³-hybridized carbons (Fsp3) is 0.476. The number of thioether (sulfide) groups is 1. The summed E-state index contributed by atoms with van der Waals surface area (Å²) in [4.78, 5) is 62.7. The van der Waals surface area contributed by atoms with E-state index in [1.807, 2.05) is 0 Å². The molecule has 2 heterocycles. The number of likely N-dealkylation sites (N-methyl/N-ethyl adjacent to an activating group) is 1. The van der Waals surface area contributed by atoms with Crippen molar-refractivity contribution in [2.75, 3.05) is 7.05 Å². The summed E-state index contributed by atoms with van der Waals surface area (Å²) in [5, 5.41) is 26.5. The van der Waals surface area contributed by atoms with E-state index < -0.39 is 63.9 Å². The van der Waals surface area contributed by atoms with E-state index in [2.05, 4.69) is 16.0 Å². The number of aromatic hydroxyl groups is 1. The number of carbonyl (C=O) groups excluding carboxylic acids is 4. The molecule has 208 valence electrons. The second-order valence-corrected chi connectivity index (χ2v) is 10.4. The Morgan fingerprint density at radius 3 is 2.16 bits per heavy atom. The van der Waals surface area contributed by atoms with Gasteiger partial charge < -0.3 is 42.6 Å². The van der Waals surface area contributed by atoms with Crippen molar-refractivity contribution in [3.63, 3.8) is 0 Å². The van der Waals surface area contributed by atoms with Gasteiger partial charge in [-0.3, -0.25) is 29.8 Å². The minimum atomic E-state index is -1.18. The molecule has 15 nitrogen and oxygen atoms in total. The molecule has 37 heavy (non-hydrogen) atoms. The summed E-state index contributed by atoms with van der Waals surface area (Å²) >= 11 is 1.31. The van der Waals surface area contributed by atoms with Crippen LogP contribution in [0.3, 0.4) is 0 Å². The predicted octanol–water partition coefficient (Wildman–Crippen LogP) is -3.83. The number of nitrogens with two attached hydrogens (primary N) is 1. The largest absolute Gasteiger partial charge is 0.508 e. The van der Waals surface area contributed by atoms with Gasteiger partial charge in [-0.25, -0.2) is 4.79 Å². The average molecular weight is 548 g/mol. The third-order valence-electron chi connectivity index (χ3n) is 5.83. The van der Waals surface area contributed by atoms with Gasteiger partial charge in [0.1, 0.15) is 29.2 Å². The molecule has 2 aliphatic rings. The van der Waals surface area contributed by atoms with Crippen molar-refractivity contribution >= 4 is 41.4 Å². The lowest BCUT2D eigenvalue weighted by atomic mass is 9.95. The van der Waals surface area contributed by atoms with Crippen molar-refractivity contribution in [1.29, 1.82) is 0 Å². The quantitative estimate of drug-likeness (QED) is 0.164. The van der Waals surface area contributed by atoms with E-state index in [1.54, 1.807) is 13.8 Å². The van der Waals surface area contributed by atoms with Gasteiger partial charge in [0, 0.05) is 4.75 Å². The molecule has 2 saturated heterocycles. The Morgan fingerprint density at radius 1 is 1.11 bits per heavy atom. The highest BCUT2D eigenvalue weighted by molar-refractivity contribution is 8.01. The molecule has 0 aromatic heterocycles. The first-order valence-electron chi connectivity index (χ1n) is 10.5. The van der Waals surface area contributed by atoms with Crippen LogP contribution in [0.25, 0.3) is 0 Å². The SMILES string of the molecule is CN[C@H](CC(N)=O)C(=O)NC(=O)[C@@H](NC1C(=O)N2C1SC(C)(C)C2C(=O)O)c1ccc(O)cc1.O.O.O. The molecule has 0 bridgehead atoms. The summed E-state index contributed by atoms with van der Waals surface area (Å²) in [5.41, 5.74) is 5.51. The highest BCUT2D eigenvalue weighted by atomic mass is 32.2. The number of rotatable bonds is 9. The normalized spacial score (nSPS) is 22.5. The van der Waals surface area contributed by atoms with Crippen LogP contribution in [0.4, 0.5) is 0 Å². The van der Waals surface area contributed by atoms with Crippen LogP contribution >= 0.6 is 11.8 Å². The zero-order valence-electron chi connectivity index (χ0n) is 20.3. The Bertz CT molecular complexity index is 1020. The molecule has 3 unspecified atom stereocenters. The minimum Gasteiger partial charge on any atom is -0.508 e. The molecule has 0 spiro atoms. The van der Waals surface area contributed by atoms with E-state index in [1.165, 1.54) is 48.0 Å². The van der Waals surface area contributed by atoms with Crippen LogP contribution in [0.5, 0.6) is 5.75 Å². The first-order valence-corrected chi connectivity index (χ1v) is 11.3. The molecule has 1 aromatic carbocycles. The maximum Gasteiger partial charge on any atom is 0.327 e.